The average molecular weight is 370 g/mol. The van der Waals surface area contributed by atoms with E-state index < -0.39 is 0 Å². The van der Waals surface area contributed by atoms with E-state index in [4.69, 9.17) is 0 Å². The van der Waals surface area contributed by atoms with Crippen LogP contribution >= 0.6 is 0 Å². The SMILES string of the molecule is Cc1nn(-c2ccccc2)c(C)c1CC(=O)Nc1ccc(C)c2ncccc12. The molecule has 0 aliphatic carbocycles. The van der Waals surface area contributed by atoms with Gasteiger partial charge in [-0.25, -0.2) is 4.68 Å². The van der Waals surface area contributed by atoms with Crippen molar-refractivity contribution in [2.45, 2.75) is 27.2 Å². The number of nitrogens with one attached hydrogen (secondary N) is 1. The lowest BCUT2D eigenvalue weighted by molar-refractivity contribution is -0.115. The molecule has 0 saturated carbocycles. The number of benzene rings is 2. The van der Waals surface area contributed by atoms with Crippen molar-refractivity contribution in [1.82, 2.24) is 14.8 Å². The Bertz CT molecular complexity index is 1160. The topological polar surface area (TPSA) is 59.8 Å². The van der Waals surface area contributed by atoms with Crippen molar-refractivity contribution in [3.8, 4) is 5.69 Å². The Kier molecular flexibility index (Phi) is 4.65. The number of aromatic nitrogens is 3. The van der Waals surface area contributed by atoms with Crippen molar-refractivity contribution < 1.29 is 4.79 Å². The largest absolute Gasteiger partial charge is 0.325 e. The molecule has 2 aromatic heterocycles. The lowest BCUT2D eigenvalue weighted by Gasteiger charge is -2.10. The summed E-state index contributed by atoms with van der Waals surface area (Å²) in [5.41, 5.74) is 6.57. The fourth-order valence-corrected chi connectivity index (χ4v) is 3.53. The average Bonchev–Trinajstić information content (AvgIpc) is 2.99. The number of carbonyl (C=O) groups excluding carboxylic acids is 1. The van der Waals surface area contributed by atoms with E-state index in [2.05, 4.69) is 15.4 Å². The van der Waals surface area contributed by atoms with Crippen molar-refractivity contribution in [2.24, 2.45) is 0 Å². The number of amides is 1. The van der Waals surface area contributed by atoms with E-state index in [-0.39, 0.29) is 12.3 Å². The lowest BCUT2D eigenvalue weighted by atomic mass is 10.1. The monoisotopic (exact) mass is 370 g/mol. The van der Waals surface area contributed by atoms with Gasteiger partial charge in [0.2, 0.25) is 5.91 Å². The number of anilines is 1. The standard InChI is InChI=1S/C23H22N4O/c1-15-11-12-21(19-10-7-13-24-23(15)19)25-22(28)14-20-16(2)26-27(17(20)3)18-8-5-4-6-9-18/h4-13H,14H2,1-3H3,(H,25,28). The highest BCUT2D eigenvalue weighted by atomic mass is 16.1. The smallest absolute Gasteiger partial charge is 0.228 e. The van der Waals surface area contributed by atoms with E-state index in [1.54, 1.807) is 6.20 Å². The number of hydrogen-bond donors (Lipinski definition) is 1. The van der Waals surface area contributed by atoms with Crippen LogP contribution in [0.4, 0.5) is 5.69 Å². The molecule has 5 heteroatoms. The van der Waals surface area contributed by atoms with Crippen LogP contribution < -0.4 is 5.32 Å². The highest BCUT2D eigenvalue weighted by Crippen LogP contribution is 2.25. The number of pyridine rings is 1. The van der Waals surface area contributed by atoms with E-state index in [0.29, 0.717) is 0 Å². The Balaban J connectivity index is 1.60. The molecule has 0 radical (unpaired) electrons. The summed E-state index contributed by atoms with van der Waals surface area (Å²) in [5, 5.41) is 8.63. The van der Waals surface area contributed by atoms with Crippen molar-refractivity contribution in [3.63, 3.8) is 0 Å². The van der Waals surface area contributed by atoms with Gasteiger partial charge in [-0.1, -0.05) is 24.3 Å². The zero-order chi connectivity index (χ0) is 19.7. The van der Waals surface area contributed by atoms with Crippen molar-refractivity contribution in [1.29, 1.82) is 0 Å². The summed E-state index contributed by atoms with van der Waals surface area (Å²) in [5.74, 6) is -0.0622. The summed E-state index contributed by atoms with van der Waals surface area (Å²) in [6.07, 6.45) is 2.05. The van der Waals surface area contributed by atoms with E-state index in [1.165, 1.54) is 0 Å². The highest BCUT2D eigenvalue weighted by molar-refractivity contribution is 6.02. The third-order valence-electron chi connectivity index (χ3n) is 5.02. The Hall–Kier alpha value is -3.47. The summed E-state index contributed by atoms with van der Waals surface area (Å²) in [6.45, 7) is 5.96. The van der Waals surface area contributed by atoms with Crippen LogP contribution in [0.15, 0.2) is 60.8 Å². The molecule has 140 valence electrons. The summed E-state index contributed by atoms with van der Waals surface area (Å²) in [4.78, 5) is 17.2. The van der Waals surface area contributed by atoms with Gasteiger partial charge < -0.3 is 5.32 Å². The number of fused-ring (bicyclic) bond motifs is 1. The molecule has 0 aliphatic rings. The van der Waals surface area contributed by atoms with Gasteiger partial charge >= 0.3 is 0 Å². The van der Waals surface area contributed by atoms with E-state index in [9.17, 15) is 4.79 Å². The van der Waals surface area contributed by atoms with Gasteiger partial charge in [-0.3, -0.25) is 9.78 Å². The summed E-state index contributed by atoms with van der Waals surface area (Å²) < 4.78 is 1.89. The Morgan fingerprint density at radius 2 is 1.79 bits per heavy atom. The Morgan fingerprint density at radius 1 is 1.00 bits per heavy atom. The van der Waals surface area contributed by atoms with E-state index >= 15 is 0 Å². The van der Waals surface area contributed by atoms with Gasteiger partial charge in [-0.2, -0.15) is 5.10 Å². The summed E-state index contributed by atoms with van der Waals surface area (Å²) in [6, 6.07) is 17.7. The predicted molar refractivity (Wildman–Crippen MR) is 112 cm³/mol. The number of rotatable bonds is 4. The fraction of sp³-hybridized carbons (Fsp3) is 0.174. The van der Waals surface area contributed by atoms with Gasteiger partial charge in [0.25, 0.3) is 0 Å². The van der Waals surface area contributed by atoms with Crippen molar-refractivity contribution in [3.05, 3.63) is 83.3 Å². The second-order valence-corrected chi connectivity index (χ2v) is 6.95. The minimum Gasteiger partial charge on any atom is -0.325 e. The molecule has 0 fully saturated rings. The van der Waals surface area contributed by atoms with E-state index in [1.807, 2.05) is 80.1 Å². The van der Waals surface area contributed by atoms with Crippen LogP contribution in [0.3, 0.4) is 0 Å². The molecule has 0 unspecified atom stereocenters. The molecule has 1 N–H and O–H groups in total. The van der Waals surface area contributed by atoms with Gasteiger partial charge in [0.15, 0.2) is 0 Å². The quantitative estimate of drug-likeness (QED) is 0.574. The van der Waals surface area contributed by atoms with Crippen LogP contribution in [0, 0.1) is 20.8 Å². The first kappa shape index (κ1) is 17.9. The second kappa shape index (κ2) is 7.27. The number of nitrogens with zero attached hydrogens (tertiary/aromatic N) is 3. The van der Waals surface area contributed by atoms with Crippen LogP contribution in [0.2, 0.25) is 0 Å². The molecule has 1 amide bonds. The van der Waals surface area contributed by atoms with Crippen LogP contribution in [-0.2, 0) is 11.2 Å². The summed E-state index contributed by atoms with van der Waals surface area (Å²) in [7, 11) is 0. The molecule has 0 atom stereocenters. The van der Waals surface area contributed by atoms with Gasteiger partial charge in [-0.15, -0.1) is 0 Å². The third-order valence-corrected chi connectivity index (χ3v) is 5.02. The molecular weight excluding hydrogens is 348 g/mol. The summed E-state index contributed by atoms with van der Waals surface area (Å²) >= 11 is 0. The van der Waals surface area contributed by atoms with E-state index in [0.717, 1.165) is 44.8 Å². The lowest BCUT2D eigenvalue weighted by Crippen LogP contribution is -2.15. The maximum atomic E-state index is 12.8. The zero-order valence-corrected chi connectivity index (χ0v) is 16.2. The molecule has 5 nitrogen and oxygen atoms in total. The van der Waals surface area contributed by atoms with Crippen LogP contribution in [0.5, 0.6) is 0 Å². The zero-order valence-electron chi connectivity index (χ0n) is 16.2. The Morgan fingerprint density at radius 3 is 2.57 bits per heavy atom. The number of para-hydroxylation sites is 1. The van der Waals surface area contributed by atoms with Gasteiger partial charge in [-0.05, 0) is 56.7 Å². The Labute approximate surface area is 164 Å². The van der Waals surface area contributed by atoms with Crippen LogP contribution in [-0.4, -0.2) is 20.7 Å². The number of hydrogen-bond acceptors (Lipinski definition) is 3. The molecule has 0 spiro atoms. The minimum atomic E-state index is -0.0622. The molecule has 4 aromatic rings. The molecule has 4 rings (SSSR count). The van der Waals surface area contributed by atoms with Gasteiger partial charge in [0.1, 0.15) is 0 Å². The molecular formula is C23H22N4O. The molecule has 0 saturated heterocycles. The first-order valence-electron chi connectivity index (χ1n) is 9.29. The third kappa shape index (κ3) is 3.27. The maximum Gasteiger partial charge on any atom is 0.228 e. The first-order chi connectivity index (χ1) is 13.5. The van der Waals surface area contributed by atoms with Gasteiger partial charge in [0, 0.05) is 22.8 Å². The van der Waals surface area contributed by atoms with Crippen molar-refractivity contribution in [2.75, 3.05) is 5.32 Å². The molecule has 28 heavy (non-hydrogen) atoms. The number of carbonyl (C=O) groups is 1. The second-order valence-electron chi connectivity index (χ2n) is 6.95. The minimum absolute atomic E-state index is 0.0622. The molecule has 2 aromatic carbocycles. The van der Waals surface area contributed by atoms with Gasteiger partial charge in [0.05, 0.1) is 29.0 Å². The maximum absolute atomic E-state index is 12.8. The molecule has 0 bridgehead atoms. The highest BCUT2D eigenvalue weighted by Gasteiger charge is 2.17. The van der Waals surface area contributed by atoms with Crippen LogP contribution in [0.1, 0.15) is 22.5 Å². The van der Waals surface area contributed by atoms with Crippen LogP contribution in [0.25, 0.3) is 16.6 Å². The molecule has 0 aliphatic heterocycles. The molecule has 2 heterocycles. The normalized spacial score (nSPS) is 11.0. The van der Waals surface area contributed by atoms with Crippen molar-refractivity contribution >= 4 is 22.5 Å². The fourth-order valence-electron chi connectivity index (χ4n) is 3.53. The number of aryl methyl sites for hydroxylation is 2. The first-order valence-corrected chi connectivity index (χ1v) is 9.29. The predicted octanol–water partition coefficient (Wildman–Crippen LogP) is 4.53.